The number of halogens is 3. The number of alkyl halides is 3. The lowest BCUT2D eigenvalue weighted by Gasteiger charge is -2.05. The molecule has 0 aliphatic rings. The highest BCUT2D eigenvalue weighted by Crippen LogP contribution is 2.14. The number of carbonyl (C=O) groups excluding carboxylic acids is 1. The van der Waals surface area contributed by atoms with Gasteiger partial charge in [-0.2, -0.15) is 13.2 Å². The van der Waals surface area contributed by atoms with Gasteiger partial charge in [0.15, 0.2) is 6.61 Å². The molecule has 0 aliphatic carbocycles. The van der Waals surface area contributed by atoms with Gasteiger partial charge < -0.3 is 4.74 Å². The quantitative estimate of drug-likeness (QED) is 0.601. The lowest BCUT2D eigenvalue weighted by atomic mass is 10.1. The Morgan fingerprint density at radius 3 is 2.47 bits per heavy atom. The number of ether oxygens (including phenoxy) is 1. The molecule has 0 bridgehead atoms. The van der Waals surface area contributed by atoms with E-state index in [-0.39, 0.29) is 0 Å². The van der Waals surface area contributed by atoms with Crippen LogP contribution in [0.3, 0.4) is 0 Å². The van der Waals surface area contributed by atoms with Gasteiger partial charge in [0.2, 0.25) is 0 Å². The standard InChI is InChI=1S/C12H11F3O2/c13-12(14,15)9-17-11(16)8-4-7-10-5-2-1-3-6-10/h1-6,8H,7,9H2. The highest BCUT2D eigenvalue weighted by Gasteiger charge is 2.29. The topological polar surface area (TPSA) is 26.3 Å². The SMILES string of the molecule is O=C(C=CCc1ccccc1)OCC(F)(F)F. The van der Waals surface area contributed by atoms with Crippen LogP contribution in [0.25, 0.3) is 0 Å². The van der Waals surface area contributed by atoms with Gasteiger partial charge in [0.25, 0.3) is 0 Å². The molecule has 0 aromatic heterocycles. The van der Waals surface area contributed by atoms with Crippen molar-refractivity contribution in [3.63, 3.8) is 0 Å². The summed E-state index contributed by atoms with van der Waals surface area (Å²) in [5, 5.41) is 0. The Hall–Kier alpha value is -1.78. The molecule has 0 N–H and O–H groups in total. The number of allylic oxidation sites excluding steroid dienone is 1. The fourth-order valence-corrected chi connectivity index (χ4v) is 1.11. The molecule has 0 atom stereocenters. The predicted octanol–water partition coefficient (Wildman–Crippen LogP) is 2.89. The van der Waals surface area contributed by atoms with Crippen LogP contribution in [0.5, 0.6) is 0 Å². The second kappa shape index (κ2) is 6.08. The Labute approximate surface area is 96.7 Å². The van der Waals surface area contributed by atoms with E-state index in [1.54, 1.807) is 0 Å². The highest BCUT2D eigenvalue weighted by atomic mass is 19.4. The number of hydrogen-bond acceptors (Lipinski definition) is 2. The molecule has 0 amide bonds. The lowest BCUT2D eigenvalue weighted by molar-refractivity contribution is -0.182. The summed E-state index contributed by atoms with van der Waals surface area (Å²) in [6, 6.07) is 9.23. The van der Waals surface area contributed by atoms with Gasteiger partial charge >= 0.3 is 12.1 Å². The Balaban J connectivity index is 2.32. The van der Waals surface area contributed by atoms with Gasteiger partial charge in [-0.25, -0.2) is 4.79 Å². The molecule has 0 radical (unpaired) electrons. The molecule has 1 rings (SSSR count). The molecule has 0 heterocycles. The maximum atomic E-state index is 11.7. The third kappa shape index (κ3) is 6.40. The van der Waals surface area contributed by atoms with Gasteiger partial charge in [-0.05, 0) is 12.0 Å². The number of carbonyl (C=O) groups is 1. The van der Waals surface area contributed by atoms with E-state index in [1.165, 1.54) is 6.08 Å². The second-order valence-corrected chi connectivity index (χ2v) is 3.31. The average Bonchev–Trinajstić information content (AvgIpc) is 2.27. The van der Waals surface area contributed by atoms with E-state index in [2.05, 4.69) is 4.74 Å². The van der Waals surface area contributed by atoms with Crippen molar-refractivity contribution in [2.24, 2.45) is 0 Å². The number of rotatable bonds is 4. The Morgan fingerprint density at radius 2 is 1.88 bits per heavy atom. The van der Waals surface area contributed by atoms with Crippen LogP contribution >= 0.6 is 0 Å². The molecule has 0 unspecified atom stereocenters. The highest BCUT2D eigenvalue weighted by molar-refractivity contribution is 5.81. The molecule has 5 heteroatoms. The van der Waals surface area contributed by atoms with Crippen molar-refractivity contribution in [2.45, 2.75) is 12.6 Å². The zero-order valence-electron chi connectivity index (χ0n) is 8.91. The molecule has 2 nitrogen and oxygen atoms in total. The van der Waals surface area contributed by atoms with Gasteiger partial charge in [0.1, 0.15) is 0 Å². The number of esters is 1. The van der Waals surface area contributed by atoms with Crippen LogP contribution in [-0.4, -0.2) is 18.8 Å². The molecule has 0 fully saturated rings. The first-order chi connectivity index (χ1) is 7.97. The van der Waals surface area contributed by atoms with E-state index in [0.717, 1.165) is 11.6 Å². The molecule has 0 spiro atoms. The summed E-state index contributed by atoms with van der Waals surface area (Å²) in [6.07, 6.45) is -1.54. The van der Waals surface area contributed by atoms with E-state index in [1.807, 2.05) is 30.3 Å². The Bertz CT molecular complexity index is 382. The van der Waals surface area contributed by atoms with E-state index in [0.29, 0.717) is 6.42 Å². The van der Waals surface area contributed by atoms with Crippen LogP contribution in [0.4, 0.5) is 13.2 Å². The van der Waals surface area contributed by atoms with Crippen LogP contribution in [-0.2, 0) is 16.0 Å². The normalized spacial score (nSPS) is 11.7. The molecule has 0 aliphatic heterocycles. The summed E-state index contributed by atoms with van der Waals surface area (Å²) in [7, 11) is 0. The van der Waals surface area contributed by atoms with Crippen LogP contribution in [0.1, 0.15) is 5.56 Å². The smallest absolute Gasteiger partial charge is 0.422 e. The third-order valence-corrected chi connectivity index (χ3v) is 1.83. The molecule has 0 saturated heterocycles. The van der Waals surface area contributed by atoms with Gasteiger partial charge in [0, 0.05) is 6.08 Å². The van der Waals surface area contributed by atoms with Crippen LogP contribution in [0, 0.1) is 0 Å². The van der Waals surface area contributed by atoms with Crippen molar-refractivity contribution in [2.75, 3.05) is 6.61 Å². The number of hydrogen-bond donors (Lipinski definition) is 0. The van der Waals surface area contributed by atoms with Crippen LogP contribution in [0.15, 0.2) is 42.5 Å². The largest absolute Gasteiger partial charge is 0.453 e. The summed E-state index contributed by atoms with van der Waals surface area (Å²) >= 11 is 0. The zero-order valence-corrected chi connectivity index (χ0v) is 8.91. The van der Waals surface area contributed by atoms with Gasteiger partial charge in [-0.15, -0.1) is 0 Å². The minimum atomic E-state index is -4.48. The first kappa shape index (κ1) is 13.3. The maximum absolute atomic E-state index is 11.7. The molecule has 1 aromatic carbocycles. The molecular formula is C12H11F3O2. The fraction of sp³-hybridized carbons (Fsp3) is 0.250. The van der Waals surface area contributed by atoms with E-state index >= 15 is 0 Å². The predicted molar refractivity (Wildman–Crippen MR) is 56.3 cm³/mol. The maximum Gasteiger partial charge on any atom is 0.422 e. The van der Waals surface area contributed by atoms with Crippen molar-refractivity contribution in [3.8, 4) is 0 Å². The molecular weight excluding hydrogens is 233 g/mol. The molecule has 92 valence electrons. The monoisotopic (exact) mass is 244 g/mol. The zero-order chi connectivity index (χ0) is 12.7. The number of benzene rings is 1. The van der Waals surface area contributed by atoms with Gasteiger partial charge in [-0.1, -0.05) is 36.4 Å². The fourth-order valence-electron chi connectivity index (χ4n) is 1.11. The van der Waals surface area contributed by atoms with Crippen molar-refractivity contribution >= 4 is 5.97 Å². The molecule has 0 saturated carbocycles. The summed E-state index contributed by atoms with van der Waals surface area (Å²) in [5.74, 6) is -0.988. The Morgan fingerprint density at radius 1 is 1.24 bits per heavy atom. The summed E-state index contributed by atoms with van der Waals surface area (Å²) in [5.41, 5.74) is 0.965. The minimum absolute atomic E-state index is 0.474. The van der Waals surface area contributed by atoms with Gasteiger partial charge in [0.05, 0.1) is 0 Å². The summed E-state index contributed by atoms with van der Waals surface area (Å²) < 4.78 is 39.1. The van der Waals surface area contributed by atoms with E-state index in [9.17, 15) is 18.0 Å². The van der Waals surface area contributed by atoms with Crippen LogP contribution < -0.4 is 0 Å². The minimum Gasteiger partial charge on any atom is -0.453 e. The van der Waals surface area contributed by atoms with Gasteiger partial charge in [-0.3, -0.25) is 0 Å². The summed E-state index contributed by atoms with van der Waals surface area (Å²) in [6.45, 7) is -1.55. The third-order valence-electron chi connectivity index (χ3n) is 1.83. The van der Waals surface area contributed by atoms with Crippen molar-refractivity contribution in [1.29, 1.82) is 0 Å². The van der Waals surface area contributed by atoms with Crippen molar-refractivity contribution in [1.82, 2.24) is 0 Å². The first-order valence-electron chi connectivity index (χ1n) is 4.91. The Kier molecular flexibility index (Phi) is 4.75. The average molecular weight is 244 g/mol. The molecule has 1 aromatic rings. The first-order valence-corrected chi connectivity index (χ1v) is 4.91. The second-order valence-electron chi connectivity index (χ2n) is 3.31. The van der Waals surface area contributed by atoms with E-state index in [4.69, 9.17) is 0 Å². The van der Waals surface area contributed by atoms with E-state index < -0.39 is 18.8 Å². The molecule has 17 heavy (non-hydrogen) atoms. The van der Waals surface area contributed by atoms with Crippen molar-refractivity contribution in [3.05, 3.63) is 48.0 Å². The lowest BCUT2D eigenvalue weighted by Crippen LogP contribution is -2.19. The van der Waals surface area contributed by atoms with Crippen LogP contribution in [0.2, 0.25) is 0 Å². The van der Waals surface area contributed by atoms with Crippen molar-refractivity contribution < 1.29 is 22.7 Å². The summed E-state index contributed by atoms with van der Waals surface area (Å²) in [4.78, 5) is 10.9.